The SMILES string of the molecule is COCCN(C1CC1)S(=O)(=O)c1ccccc1NN. The second kappa shape index (κ2) is 5.87. The van der Waals surface area contributed by atoms with Crippen molar-refractivity contribution in [3.05, 3.63) is 24.3 Å². The Bertz CT molecular complexity index is 529. The molecule has 1 aromatic rings. The van der Waals surface area contributed by atoms with E-state index < -0.39 is 10.0 Å². The zero-order chi connectivity index (χ0) is 13.9. The number of para-hydroxylation sites is 1. The topological polar surface area (TPSA) is 84.7 Å². The van der Waals surface area contributed by atoms with Gasteiger partial charge < -0.3 is 10.2 Å². The van der Waals surface area contributed by atoms with Crippen LogP contribution in [0.1, 0.15) is 12.8 Å². The van der Waals surface area contributed by atoms with Crippen molar-refractivity contribution in [2.45, 2.75) is 23.8 Å². The third-order valence-corrected chi connectivity index (χ3v) is 5.11. The van der Waals surface area contributed by atoms with Crippen LogP contribution in [0.25, 0.3) is 0 Å². The molecule has 1 aromatic carbocycles. The number of hydrazine groups is 1. The van der Waals surface area contributed by atoms with Crippen LogP contribution in [0.5, 0.6) is 0 Å². The van der Waals surface area contributed by atoms with Gasteiger partial charge in [0.15, 0.2) is 0 Å². The summed E-state index contributed by atoms with van der Waals surface area (Å²) >= 11 is 0. The van der Waals surface area contributed by atoms with E-state index in [2.05, 4.69) is 5.43 Å². The van der Waals surface area contributed by atoms with Gasteiger partial charge in [0.25, 0.3) is 0 Å². The smallest absolute Gasteiger partial charge is 0.245 e. The highest BCUT2D eigenvalue weighted by Gasteiger charge is 2.38. The van der Waals surface area contributed by atoms with Crippen molar-refractivity contribution in [2.75, 3.05) is 25.7 Å². The van der Waals surface area contributed by atoms with Crippen LogP contribution in [-0.2, 0) is 14.8 Å². The number of benzene rings is 1. The molecule has 1 aliphatic rings. The maximum atomic E-state index is 12.7. The second-order valence-corrected chi connectivity index (χ2v) is 6.34. The number of hydrogen-bond donors (Lipinski definition) is 2. The van der Waals surface area contributed by atoms with E-state index >= 15 is 0 Å². The van der Waals surface area contributed by atoms with Crippen LogP contribution in [0.2, 0.25) is 0 Å². The Balaban J connectivity index is 2.33. The van der Waals surface area contributed by atoms with Crippen LogP contribution in [0.4, 0.5) is 5.69 Å². The fraction of sp³-hybridized carbons (Fsp3) is 0.500. The van der Waals surface area contributed by atoms with Crippen molar-refractivity contribution < 1.29 is 13.2 Å². The minimum Gasteiger partial charge on any atom is -0.383 e. The highest BCUT2D eigenvalue weighted by Crippen LogP contribution is 2.33. The van der Waals surface area contributed by atoms with Gasteiger partial charge in [-0.05, 0) is 25.0 Å². The lowest BCUT2D eigenvalue weighted by Crippen LogP contribution is -2.36. The Labute approximate surface area is 113 Å². The molecule has 0 aliphatic heterocycles. The molecule has 1 fully saturated rings. The molecule has 6 nitrogen and oxygen atoms in total. The number of hydrogen-bond acceptors (Lipinski definition) is 5. The summed E-state index contributed by atoms with van der Waals surface area (Å²) in [6.07, 6.45) is 1.81. The van der Waals surface area contributed by atoms with E-state index in [1.807, 2.05) is 0 Å². The average molecular weight is 285 g/mol. The third-order valence-electron chi connectivity index (χ3n) is 3.10. The van der Waals surface area contributed by atoms with Gasteiger partial charge in [-0.3, -0.25) is 5.84 Å². The molecule has 7 heteroatoms. The number of nitrogens with two attached hydrogens (primary N) is 1. The van der Waals surface area contributed by atoms with Gasteiger partial charge in [0.1, 0.15) is 4.90 Å². The normalized spacial score (nSPS) is 15.7. The first-order chi connectivity index (χ1) is 9.11. The van der Waals surface area contributed by atoms with E-state index in [1.54, 1.807) is 31.4 Å². The van der Waals surface area contributed by atoms with Crippen molar-refractivity contribution >= 4 is 15.7 Å². The Hall–Kier alpha value is -1.15. The molecule has 0 saturated heterocycles. The van der Waals surface area contributed by atoms with E-state index in [0.29, 0.717) is 18.8 Å². The summed E-state index contributed by atoms with van der Waals surface area (Å²) in [6.45, 7) is 0.746. The number of ether oxygens (including phenoxy) is 1. The first-order valence-electron chi connectivity index (χ1n) is 6.17. The molecule has 0 atom stereocenters. The summed E-state index contributed by atoms with van der Waals surface area (Å²) in [5, 5.41) is 0. The lowest BCUT2D eigenvalue weighted by atomic mass is 10.3. The number of sulfonamides is 1. The molecule has 106 valence electrons. The number of nitrogens with one attached hydrogen (secondary N) is 1. The molecular formula is C12H19N3O3S. The van der Waals surface area contributed by atoms with Crippen LogP contribution in [0.3, 0.4) is 0 Å². The monoisotopic (exact) mass is 285 g/mol. The molecule has 3 N–H and O–H groups in total. The standard InChI is InChI=1S/C12H19N3O3S/c1-18-9-8-15(10-6-7-10)19(16,17)12-5-3-2-4-11(12)14-13/h2-5,10,14H,6-9,13H2,1H3. The fourth-order valence-electron chi connectivity index (χ4n) is 1.98. The second-order valence-electron chi connectivity index (χ2n) is 4.48. The fourth-order valence-corrected chi connectivity index (χ4v) is 3.81. The summed E-state index contributed by atoms with van der Waals surface area (Å²) in [7, 11) is -1.98. The molecule has 1 aliphatic carbocycles. The minimum absolute atomic E-state index is 0.0889. The largest absolute Gasteiger partial charge is 0.383 e. The van der Waals surface area contributed by atoms with Gasteiger partial charge in [-0.25, -0.2) is 8.42 Å². The van der Waals surface area contributed by atoms with E-state index in [1.165, 1.54) is 4.31 Å². The van der Waals surface area contributed by atoms with Gasteiger partial charge in [0.2, 0.25) is 10.0 Å². The molecule has 0 aromatic heterocycles. The highest BCUT2D eigenvalue weighted by molar-refractivity contribution is 7.89. The molecule has 0 bridgehead atoms. The van der Waals surface area contributed by atoms with Crippen molar-refractivity contribution in [1.82, 2.24) is 4.31 Å². The Morgan fingerprint density at radius 2 is 2.11 bits per heavy atom. The molecule has 0 heterocycles. The third kappa shape index (κ3) is 3.06. The van der Waals surface area contributed by atoms with E-state index in [-0.39, 0.29) is 10.9 Å². The van der Waals surface area contributed by atoms with Gasteiger partial charge in [0.05, 0.1) is 12.3 Å². The molecule has 1 saturated carbocycles. The van der Waals surface area contributed by atoms with E-state index in [0.717, 1.165) is 12.8 Å². The van der Waals surface area contributed by atoms with Crippen LogP contribution in [-0.4, -0.2) is 39.0 Å². The first kappa shape index (κ1) is 14.3. The van der Waals surface area contributed by atoms with Gasteiger partial charge in [-0.1, -0.05) is 12.1 Å². The molecule has 19 heavy (non-hydrogen) atoms. The van der Waals surface area contributed by atoms with Gasteiger partial charge in [-0.2, -0.15) is 4.31 Å². The van der Waals surface area contributed by atoms with E-state index in [4.69, 9.17) is 10.6 Å². The molecule has 0 unspecified atom stereocenters. The van der Waals surface area contributed by atoms with Crippen LogP contribution in [0, 0.1) is 0 Å². The summed E-state index contributed by atoms with van der Waals surface area (Å²) < 4.78 is 31.8. The molecule has 0 spiro atoms. The van der Waals surface area contributed by atoms with Gasteiger partial charge >= 0.3 is 0 Å². The van der Waals surface area contributed by atoms with Crippen molar-refractivity contribution in [3.8, 4) is 0 Å². The molecular weight excluding hydrogens is 266 g/mol. The van der Waals surface area contributed by atoms with Crippen molar-refractivity contribution in [2.24, 2.45) is 5.84 Å². The van der Waals surface area contributed by atoms with E-state index in [9.17, 15) is 8.42 Å². The molecule has 0 radical (unpaired) electrons. The number of nitrogen functional groups attached to an aromatic ring is 1. The Morgan fingerprint density at radius 1 is 1.42 bits per heavy atom. The maximum absolute atomic E-state index is 12.7. The van der Waals surface area contributed by atoms with Crippen LogP contribution in [0.15, 0.2) is 29.2 Å². The average Bonchev–Trinajstić information content (AvgIpc) is 3.23. The number of nitrogens with zero attached hydrogens (tertiary/aromatic N) is 1. The summed E-state index contributed by atoms with van der Waals surface area (Å²) in [4.78, 5) is 0.209. The van der Waals surface area contributed by atoms with Gasteiger partial charge in [-0.15, -0.1) is 0 Å². The predicted octanol–water partition coefficient (Wildman–Crippen LogP) is 0.772. The summed E-state index contributed by atoms with van der Waals surface area (Å²) in [5.41, 5.74) is 2.84. The quantitative estimate of drug-likeness (QED) is 0.571. The predicted molar refractivity (Wildman–Crippen MR) is 73.0 cm³/mol. The Morgan fingerprint density at radius 3 is 2.68 bits per heavy atom. The van der Waals surface area contributed by atoms with Gasteiger partial charge in [0, 0.05) is 19.7 Å². The lowest BCUT2D eigenvalue weighted by Gasteiger charge is -2.22. The lowest BCUT2D eigenvalue weighted by molar-refractivity contribution is 0.177. The van der Waals surface area contributed by atoms with Crippen molar-refractivity contribution in [3.63, 3.8) is 0 Å². The van der Waals surface area contributed by atoms with Crippen LogP contribution < -0.4 is 11.3 Å². The summed E-state index contributed by atoms with van der Waals surface area (Å²) in [6, 6.07) is 6.73. The summed E-state index contributed by atoms with van der Waals surface area (Å²) in [5.74, 6) is 5.38. The molecule has 2 rings (SSSR count). The molecule has 0 amide bonds. The number of methoxy groups -OCH3 is 1. The van der Waals surface area contributed by atoms with Crippen molar-refractivity contribution in [1.29, 1.82) is 0 Å². The zero-order valence-electron chi connectivity index (χ0n) is 10.9. The first-order valence-corrected chi connectivity index (χ1v) is 7.61. The minimum atomic E-state index is -3.54. The van der Waals surface area contributed by atoms with Crippen LogP contribution >= 0.6 is 0 Å². The number of anilines is 1. The maximum Gasteiger partial charge on any atom is 0.245 e. The Kier molecular flexibility index (Phi) is 4.41. The number of rotatable bonds is 7. The zero-order valence-corrected chi connectivity index (χ0v) is 11.7. The highest BCUT2D eigenvalue weighted by atomic mass is 32.2.